The third kappa shape index (κ3) is 2.28. The first kappa shape index (κ1) is 17.1. The predicted molar refractivity (Wildman–Crippen MR) is 82.2 cm³/mol. The fourth-order valence-corrected chi connectivity index (χ4v) is 2.96. The quantitative estimate of drug-likeness (QED) is 0.449. The molecule has 0 aromatic heterocycles. The van der Waals surface area contributed by atoms with Crippen molar-refractivity contribution in [2.75, 3.05) is 0 Å². The van der Waals surface area contributed by atoms with Gasteiger partial charge in [-0.05, 0) is 63.4 Å². The molecule has 1 heterocycles. The van der Waals surface area contributed by atoms with Crippen molar-refractivity contribution in [3.63, 3.8) is 0 Å². The van der Waals surface area contributed by atoms with Gasteiger partial charge in [-0.25, -0.2) is 0 Å². The number of hydrogen-bond acceptors (Lipinski definition) is 3. The van der Waals surface area contributed by atoms with Crippen LogP contribution in [0.4, 0.5) is 0 Å². The molecule has 0 unspecified atom stereocenters. The normalized spacial score (nSPS) is 11.0. The average molecular weight is 304 g/mol. The molecule has 1 aliphatic heterocycles. The maximum absolute atomic E-state index is 12.1. The Labute approximate surface area is 151 Å². The van der Waals surface area contributed by atoms with Crippen molar-refractivity contribution in [1.82, 2.24) is 0 Å². The van der Waals surface area contributed by atoms with Crippen molar-refractivity contribution in [2.45, 2.75) is 34.6 Å². The van der Waals surface area contributed by atoms with E-state index in [1.165, 1.54) is 0 Å². The molecular weight excluding hydrogens is 287 g/mol. The second kappa shape index (κ2) is 5.73. The zero-order chi connectivity index (χ0) is 15.5. The molecule has 0 spiro atoms. The Morgan fingerprint density at radius 1 is 0.909 bits per heavy atom. The fourth-order valence-electron chi connectivity index (χ4n) is 2.96. The molecule has 3 rings (SSSR count). The van der Waals surface area contributed by atoms with Crippen molar-refractivity contribution in [2.24, 2.45) is 0 Å². The summed E-state index contributed by atoms with van der Waals surface area (Å²) in [6, 6.07) is 3.75. The molecule has 108 valence electrons. The zero-order valence-electron chi connectivity index (χ0n) is 13.9. The monoisotopic (exact) mass is 304 g/mol. The van der Waals surface area contributed by atoms with E-state index in [1.54, 1.807) is 13.8 Å². The van der Waals surface area contributed by atoms with Crippen molar-refractivity contribution in [3.05, 3.63) is 50.2 Å². The van der Waals surface area contributed by atoms with Crippen LogP contribution in [0.3, 0.4) is 0 Å². The molecule has 0 radical (unpaired) electrons. The molecule has 22 heavy (non-hydrogen) atoms. The van der Waals surface area contributed by atoms with Gasteiger partial charge in [-0.1, -0.05) is 11.3 Å². The minimum Gasteiger partial charge on any atom is -0.872 e. The summed E-state index contributed by atoms with van der Waals surface area (Å²) in [5.41, 5.74) is 5.19. The van der Waals surface area contributed by atoms with Crippen LogP contribution >= 0.6 is 0 Å². The van der Waals surface area contributed by atoms with Crippen molar-refractivity contribution >= 4 is 11.0 Å². The topological polar surface area (TPSA) is 53.3 Å². The van der Waals surface area contributed by atoms with E-state index in [4.69, 9.17) is 4.42 Å². The molecule has 0 N–H and O–H groups in total. The molecule has 0 bridgehead atoms. The van der Waals surface area contributed by atoms with E-state index in [2.05, 4.69) is 0 Å². The van der Waals surface area contributed by atoms with Gasteiger partial charge in [0.25, 0.3) is 0 Å². The molecule has 3 nitrogen and oxygen atoms in total. The maximum atomic E-state index is 12.1. The molecular formula is C18H17NaO3. The third-order valence-corrected chi connectivity index (χ3v) is 4.30. The summed E-state index contributed by atoms with van der Waals surface area (Å²) in [6.07, 6.45) is 0. The molecule has 4 heteroatoms. The first-order valence-corrected chi connectivity index (χ1v) is 6.97. The summed E-state index contributed by atoms with van der Waals surface area (Å²) < 4.78 is 5.96. The van der Waals surface area contributed by atoms with Crippen LogP contribution in [0.2, 0.25) is 0 Å². The summed E-state index contributed by atoms with van der Waals surface area (Å²) >= 11 is 0. The number of aryl methyl sites for hydroxylation is 4. The number of fused-ring (bicyclic) bond motifs is 2. The smallest absolute Gasteiger partial charge is 0.872 e. The Balaban J connectivity index is 0.00000176. The van der Waals surface area contributed by atoms with E-state index in [-0.39, 0.29) is 40.7 Å². The van der Waals surface area contributed by atoms with Gasteiger partial charge in [0.15, 0.2) is 5.43 Å². The van der Waals surface area contributed by atoms with E-state index in [1.807, 2.05) is 32.9 Å². The van der Waals surface area contributed by atoms with Crippen LogP contribution in [0.25, 0.3) is 22.3 Å². The van der Waals surface area contributed by atoms with E-state index in [9.17, 15) is 9.90 Å². The molecule has 0 fully saturated rings. The van der Waals surface area contributed by atoms with Crippen LogP contribution in [0.1, 0.15) is 27.8 Å². The second-order valence-electron chi connectivity index (χ2n) is 5.78. The summed E-state index contributed by atoms with van der Waals surface area (Å²) in [7, 11) is 0. The molecule has 2 aliphatic rings. The van der Waals surface area contributed by atoms with Gasteiger partial charge >= 0.3 is 29.6 Å². The Morgan fingerprint density at radius 2 is 1.55 bits per heavy atom. The summed E-state index contributed by atoms with van der Waals surface area (Å²) in [6.45, 7) is 9.18. The number of benzene rings is 2. The van der Waals surface area contributed by atoms with Crippen LogP contribution in [0.15, 0.2) is 21.3 Å². The van der Waals surface area contributed by atoms with Crippen molar-refractivity contribution < 1.29 is 39.1 Å². The summed E-state index contributed by atoms with van der Waals surface area (Å²) in [5, 5.41) is 13.1. The van der Waals surface area contributed by atoms with E-state index < -0.39 is 0 Å². The van der Waals surface area contributed by atoms with Crippen LogP contribution in [-0.2, 0) is 0 Å². The SMILES string of the molecule is Cc1cc2c(C)c3cc(C)c(=O)c(C)c-3oc2c(C)c1[O-].[Na+]. The minimum atomic E-state index is -0.00267. The molecule has 0 saturated heterocycles. The molecule has 1 aliphatic carbocycles. The number of hydrogen-bond donors (Lipinski definition) is 0. The summed E-state index contributed by atoms with van der Waals surface area (Å²) in [5.74, 6) is 0.582. The Bertz CT molecular complexity index is 922. The van der Waals surface area contributed by atoms with Gasteiger partial charge < -0.3 is 9.52 Å². The molecule has 1 aromatic carbocycles. The van der Waals surface area contributed by atoms with Gasteiger partial charge in [0.2, 0.25) is 0 Å². The van der Waals surface area contributed by atoms with Crippen LogP contribution in [0.5, 0.6) is 5.75 Å². The van der Waals surface area contributed by atoms with Crippen LogP contribution in [-0.4, -0.2) is 0 Å². The van der Waals surface area contributed by atoms with Crippen LogP contribution < -0.4 is 40.1 Å². The van der Waals surface area contributed by atoms with Gasteiger partial charge in [-0.3, -0.25) is 4.79 Å². The van der Waals surface area contributed by atoms with Gasteiger partial charge in [-0.2, -0.15) is 0 Å². The molecule has 0 atom stereocenters. The average Bonchev–Trinajstić information content (AvgIpc) is 2.45. The Hall–Kier alpha value is -1.29. The minimum absolute atomic E-state index is 0. The largest absolute Gasteiger partial charge is 1.00 e. The van der Waals surface area contributed by atoms with Gasteiger partial charge in [0.1, 0.15) is 11.3 Å². The molecule has 0 saturated carbocycles. The Morgan fingerprint density at radius 3 is 2.18 bits per heavy atom. The van der Waals surface area contributed by atoms with E-state index >= 15 is 0 Å². The fraction of sp³-hybridized carbons (Fsp3) is 0.278. The van der Waals surface area contributed by atoms with Gasteiger partial charge in [-0.15, -0.1) is 0 Å². The predicted octanol–water partition coefficient (Wildman–Crippen LogP) is 0.517. The number of rotatable bonds is 0. The van der Waals surface area contributed by atoms with E-state index in [0.29, 0.717) is 33.6 Å². The van der Waals surface area contributed by atoms with E-state index in [0.717, 1.165) is 16.5 Å². The van der Waals surface area contributed by atoms with Crippen molar-refractivity contribution in [3.8, 4) is 17.1 Å². The second-order valence-corrected chi connectivity index (χ2v) is 5.78. The first-order chi connectivity index (χ1) is 9.82. The van der Waals surface area contributed by atoms with Crippen molar-refractivity contribution in [1.29, 1.82) is 0 Å². The maximum Gasteiger partial charge on any atom is 1.00 e. The van der Waals surface area contributed by atoms with Crippen LogP contribution in [0, 0.1) is 34.6 Å². The molecule has 1 aromatic rings. The third-order valence-electron chi connectivity index (χ3n) is 4.30. The Kier molecular flexibility index (Phi) is 4.44. The van der Waals surface area contributed by atoms with Gasteiger partial charge in [0, 0.05) is 16.5 Å². The van der Waals surface area contributed by atoms with Gasteiger partial charge in [0.05, 0.1) is 0 Å². The zero-order valence-corrected chi connectivity index (χ0v) is 15.9. The summed E-state index contributed by atoms with van der Waals surface area (Å²) in [4.78, 5) is 12.1. The molecule has 0 amide bonds. The first-order valence-electron chi connectivity index (χ1n) is 6.97. The standard InChI is InChI=1S/C18H18O3.Na/c1-8-6-13-10(3)14-7-9(2)16(20)12(5)18(14)21-17(13)11(4)15(8)19;/h6-7,19H,1-5H3;/q;+1/p-1.